The van der Waals surface area contributed by atoms with Gasteiger partial charge in [-0.05, 0) is 0 Å². The van der Waals surface area contributed by atoms with Gasteiger partial charge in [0.2, 0.25) is 0 Å². The molecule has 0 fully saturated rings. The summed E-state index contributed by atoms with van der Waals surface area (Å²) in [4.78, 5) is 21.6. The normalized spacial score (nSPS) is 11.6. The van der Waals surface area contributed by atoms with Crippen LogP contribution in [0, 0.1) is 5.92 Å². The maximum absolute atomic E-state index is 11.2. The quantitative estimate of drug-likeness (QED) is 0.519. The standard InChI is InChI=1S/C11H21NO4/c1-9(2)11(15)16-8-7-12(3,4)6-5-10(13)14/h9H,5-8H2,1-4H3/p+1. The van der Waals surface area contributed by atoms with E-state index in [0.717, 1.165) is 0 Å². The predicted molar refractivity (Wildman–Crippen MR) is 59.9 cm³/mol. The second-order valence-electron chi connectivity index (χ2n) is 4.85. The molecule has 0 atom stereocenters. The topological polar surface area (TPSA) is 63.6 Å². The van der Waals surface area contributed by atoms with Crippen LogP contribution in [0.2, 0.25) is 0 Å². The number of quaternary nitrogens is 1. The van der Waals surface area contributed by atoms with Gasteiger partial charge in [0.1, 0.15) is 13.2 Å². The fraction of sp³-hybridized carbons (Fsp3) is 0.818. The minimum atomic E-state index is -0.801. The van der Waals surface area contributed by atoms with Gasteiger partial charge in [-0.3, -0.25) is 9.59 Å². The van der Waals surface area contributed by atoms with Crippen molar-refractivity contribution in [3.63, 3.8) is 0 Å². The second kappa shape index (κ2) is 6.48. The van der Waals surface area contributed by atoms with Gasteiger partial charge in [-0.1, -0.05) is 13.8 Å². The molecule has 0 saturated heterocycles. The van der Waals surface area contributed by atoms with Gasteiger partial charge in [-0.25, -0.2) is 0 Å². The molecule has 0 aliphatic rings. The summed E-state index contributed by atoms with van der Waals surface area (Å²) in [6.07, 6.45) is 0.130. The molecule has 0 aliphatic carbocycles. The van der Waals surface area contributed by atoms with E-state index in [1.807, 2.05) is 14.1 Å². The van der Waals surface area contributed by atoms with E-state index < -0.39 is 5.97 Å². The van der Waals surface area contributed by atoms with Crippen LogP contribution in [0.25, 0.3) is 0 Å². The predicted octanol–water partition coefficient (Wildman–Crippen LogP) is 0.737. The maximum atomic E-state index is 11.2. The summed E-state index contributed by atoms with van der Waals surface area (Å²) in [5.74, 6) is -1.13. The fourth-order valence-corrected chi connectivity index (χ4v) is 1.07. The van der Waals surface area contributed by atoms with Crippen molar-refractivity contribution >= 4 is 11.9 Å². The van der Waals surface area contributed by atoms with Gasteiger partial charge in [-0.15, -0.1) is 0 Å². The van der Waals surface area contributed by atoms with Crippen molar-refractivity contribution in [1.82, 2.24) is 0 Å². The Morgan fingerprint density at radius 3 is 2.25 bits per heavy atom. The number of esters is 1. The van der Waals surface area contributed by atoms with Crippen molar-refractivity contribution in [2.75, 3.05) is 33.8 Å². The molecule has 0 amide bonds. The lowest BCUT2D eigenvalue weighted by atomic mass is 10.2. The highest BCUT2D eigenvalue weighted by Crippen LogP contribution is 2.01. The molecule has 0 aromatic carbocycles. The van der Waals surface area contributed by atoms with Crippen molar-refractivity contribution in [1.29, 1.82) is 0 Å². The summed E-state index contributed by atoms with van der Waals surface area (Å²) in [6.45, 7) is 5.07. The number of carboxylic acid groups (broad SMARTS) is 1. The molecular weight excluding hydrogens is 210 g/mol. The Labute approximate surface area is 96.6 Å². The Bertz CT molecular complexity index is 248. The summed E-state index contributed by atoms with van der Waals surface area (Å²) < 4.78 is 5.58. The number of likely N-dealkylation sites (N-methyl/N-ethyl adjacent to an activating group) is 1. The number of rotatable bonds is 7. The van der Waals surface area contributed by atoms with Crippen molar-refractivity contribution < 1.29 is 23.9 Å². The maximum Gasteiger partial charge on any atom is 0.309 e. The highest BCUT2D eigenvalue weighted by atomic mass is 16.5. The first-order valence-corrected chi connectivity index (χ1v) is 5.45. The van der Waals surface area contributed by atoms with Crippen LogP contribution in [0.4, 0.5) is 0 Å². The zero-order valence-corrected chi connectivity index (χ0v) is 10.5. The van der Waals surface area contributed by atoms with Crippen LogP contribution in [-0.4, -0.2) is 55.3 Å². The summed E-state index contributed by atoms with van der Waals surface area (Å²) in [6, 6.07) is 0. The third kappa shape index (κ3) is 7.23. The molecule has 0 aliphatic heterocycles. The van der Waals surface area contributed by atoms with E-state index >= 15 is 0 Å². The van der Waals surface area contributed by atoms with Crippen molar-refractivity contribution in [3.05, 3.63) is 0 Å². The molecule has 0 spiro atoms. The highest BCUT2D eigenvalue weighted by molar-refractivity contribution is 5.71. The zero-order chi connectivity index (χ0) is 12.8. The molecule has 0 radical (unpaired) electrons. The van der Waals surface area contributed by atoms with E-state index in [1.165, 1.54) is 0 Å². The lowest BCUT2D eigenvalue weighted by Gasteiger charge is -2.28. The SMILES string of the molecule is CC(C)C(=O)OCC[N+](C)(C)CCC(=O)O. The lowest BCUT2D eigenvalue weighted by molar-refractivity contribution is -0.889. The van der Waals surface area contributed by atoms with Gasteiger partial charge >= 0.3 is 11.9 Å². The van der Waals surface area contributed by atoms with Gasteiger partial charge in [0.15, 0.2) is 0 Å². The lowest BCUT2D eigenvalue weighted by Crippen LogP contribution is -2.44. The first kappa shape index (κ1) is 14.9. The molecule has 5 nitrogen and oxygen atoms in total. The second-order valence-corrected chi connectivity index (χ2v) is 4.85. The Morgan fingerprint density at radius 1 is 1.25 bits per heavy atom. The summed E-state index contributed by atoms with van der Waals surface area (Å²) in [5, 5.41) is 8.57. The van der Waals surface area contributed by atoms with Crippen molar-refractivity contribution in [2.45, 2.75) is 20.3 Å². The Balaban J connectivity index is 3.81. The van der Waals surface area contributed by atoms with Crippen LogP contribution < -0.4 is 0 Å². The van der Waals surface area contributed by atoms with E-state index in [0.29, 0.717) is 24.2 Å². The monoisotopic (exact) mass is 232 g/mol. The molecule has 5 heteroatoms. The summed E-state index contributed by atoms with van der Waals surface area (Å²) in [7, 11) is 3.85. The molecule has 0 aromatic rings. The van der Waals surface area contributed by atoms with Crippen LogP contribution in [0.5, 0.6) is 0 Å². The molecular formula is C11H22NO4+. The number of aliphatic carboxylic acids is 1. The van der Waals surface area contributed by atoms with E-state index in [4.69, 9.17) is 9.84 Å². The number of carboxylic acids is 1. The number of nitrogens with zero attached hydrogens (tertiary/aromatic N) is 1. The molecule has 0 bridgehead atoms. The highest BCUT2D eigenvalue weighted by Gasteiger charge is 2.18. The van der Waals surface area contributed by atoms with Gasteiger partial charge in [0.05, 0.1) is 33.0 Å². The smallest absolute Gasteiger partial charge is 0.309 e. The van der Waals surface area contributed by atoms with E-state index in [-0.39, 0.29) is 18.3 Å². The largest absolute Gasteiger partial charge is 0.481 e. The average molecular weight is 232 g/mol. The summed E-state index contributed by atoms with van der Waals surface area (Å²) in [5.41, 5.74) is 0. The summed E-state index contributed by atoms with van der Waals surface area (Å²) >= 11 is 0. The molecule has 94 valence electrons. The number of ether oxygens (including phenoxy) is 1. The molecule has 0 unspecified atom stereocenters. The molecule has 0 heterocycles. The van der Waals surface area contributed by atoms with Crippen LogP contribution in [0.15, 0.2) is 0 Å². The third-order valence-electron chi connectivity index (χ3n) is 2.34. The Morgan fingerprint density at radius 2 is 1.81 bits per heavy atom. The molecule has 1 N–H and O–H groups in total. The van der Waals surface area contributed by atoms with E-state index in [1.54, 1.807) is 13.8 Å². The number of carbonyl (C=O) groups is 2. The zero-order valence-electron chi connectivity index (χ0n) is 10.5. The van der Waals surface area contributed by atoms with Crippen LogP contribution >= 0.6 is 0 Å². The van der Waals surface area contributed by atoms with Crippen molar-refractivity contribution in [2.24, 2.45) is 5.92 Å². The van der Waals surface area contributed by atoms with Crippen LogP contribution in [0.1, 0.15) is 20.3 Å². The average Bonchev–Trinajstić information content (AvgIpc) is 2.14. The minimum Gasteiger partial charge on any atom is -0.481 e. The Kier molecular flexibility index (Phi) is 6.03. The molecule has 0 saturated carbocycles. The fourth-order valence-electron chi connectivity index (χ4n) is 1.07. The molecule has 0 aromatic heterocycles. The van der Waals surface area contributed by atoms with Gasteiger partial charge in [0.25, 0.3) is 0 Å². The number of hydrogen-bond donors (Lipinski definition) is 1. The Hall–Kier alpha value is -1.10. The van der Waals surface area contributed by atoms with E-state index in [9.17, 15) is 9.59 Å². The number of carbonyl (C=O) groups excluding carboxylic acids is 1. The molecule has 16 heavy (non-hydrogen) atoms. The first-order chi connectivity index (χ1) is 7.24. The van der Waals surface area contributed by atoms with Crippen LogP contribution in [0.3, 0.4) is 0 Å². The molecule has 0 rings (SSSR count). The van der Waals surface area contributed by atoms with Crippen molar-refractivity contribution in [3.8, 4) is 0 Å². The van der Waals surface area contributed by atoms with Gasteiger partial charge in [-0.2, -0.15) is 0 Å². The van der Waals surface area contributed by atoms with Crippen LogP contribution in [-0.2, 0) is 14.3 Å². The third-order valence-corrected chi connectivity index (χ3v) is 2.34. The van der Waals surface area contributed by atoms with Gasteiger partial charge < -0.3 is 14.3 Å². The van der Waals surface area contributed by atoms with E-state index in [2.05, 4.69) is 0 Å². The minimum absolute atomic E-state index is 0.116. The first-order valence-electron chi connectivity index (χ1n) is 5.45. The van der Waals surface area contributed by atoms with Gasteiger partial charge in [0, 0.05) is 0 Å². The number of hydrogen-bond acceptors (Lipinski definition) is 3.